The highest BCUT2D eigenvalue weighted by Gasteiger charge is 2.47. The van der Waals surface area contributed by atoms with E-state index < -0.39 is 0 Å². The first kappa shape index (κ1) is 12.4. The standard InChI is InChI=1S/C14H19N3O2/c18-13-11-4-1-2-5-12(11)14(19)17(13)8-3-7-16-9-6-15-10-16/h6,9-12H,1-5,7-8H2/t11-,12+. The minimum Gasteiger partial charge on any atom is -0.337 e. The monoisotopic (exact) mass is 261 g/mol. The molecule has 102 valence electrons. The average molecular weight is 261 g/mol. The maximum absolute atomic E-state index is 12.2. The number of hydrogen-bond donors (Lipinski definition) is 0. The highest BCUT2D eigenvalue weighted by atomic mass is 16.2. The molecule has 19 heavy (non-hydrogen) atoms. The molecule has 5 heteroatoms. The summed E-state index contributed by atoms with van der Waals surface area (Å²) in [7, 11) is 0. The number of likely N-dealkylation sites (tertiary alicyclic amines) is 1. The van der Waals surface area contributed by atoms with E-state index in [4.69, 9.17) is 0 Å². The van der Waals surface area contributed by atoms with Gasteiger partial charge in [0.15, 0.2) is 0 Å². The van der Waals surface area contributed by atoms with E-state index in [1.807, 2.05) is 10.8 Å². The van der Waals surface area contributed by atoms with Crippen LogP contribution in [0.15, 0.2) is 18.7 Å². The van der Waals surface area contributed by atoms with E-state index in [9.17, 15) is 9.59 Å². The topological polar surface area (TPSA) is 55.2 Å². The number of nitrogens with zero attached hydrogens (tertiary/aromatic N) is 3. The van der Waals surface area contributed by atoms with Gasteiger partial charge in [-0.15, -0.1) is 0 Å². The molecule has 0 radical (unpaired) electrons. The number of aryl methyl sites for hydroxylation is 1. The van der Waals surface area contributed by atoms with Crippen molar-refractivity contribution in [3.8, 4) is 0 Å². The summed E-state index contributed by atoms with van der Waals surface area (Å²) in [5.41, 5.74) is 0. The third kappa shape index (κ3) is 2.29. The molecule has 2 atom stereocenters. The van der Waals surface area contributed by atoms with Crippen LogP contribution >= 0.6 is 0 Å². The Hall–Kier alpha value is -1.65. The molecule has 0 unspecified atom stereocenters. The Bertz CT molecular complexity index is 445. The van der Waals surface area contributed by atoms with Gasteiger partial charge in [0, 0.05) is 25.5 Å². The third-order valence-corrected chi connectivity index (χ3v) is 4.29. The SMILES string of the molecule is O=C1[C@H]2CCCC[C@H]2C(=O)N1CCCn1ccnc1. The van der Waals surface area contributed by atoms with E-state index in [1.54, 1.807) is 12.5 Å². The number of rotatable bonds is 4. The summed E-state index contributed by atoms with van der Waals surface area (Å²) >= 11 is 0. The summed E-state index contributed by atoms with van der Waals surface area (Å²) in [4.78, 5) is 29.9. The summed E-state index contributed by atoms with van der Waals surface area (Å²) in [5.74, 6) is 0.102. The van der Waals surface area contributed by atoms with Crippen molar-refractivity contribution in [1.29, 1.82) is 0 Å². The molecule has 0 bridgehead atoms. The van der Waals surface area contributed by atoms with Gasteiger partial charge in [0.25, 0.3) is 0 Å². The lowest BCUT2D eigenvalue weighted by Gasteiger charge is -2.19. The summed E-state index contributed by atoms with van der Waals surface area (Å²) in [6.45, 7) is 1.34. The molecule has 1 saturated heterocycles. The number of amides is 2. The van der Waals surface area contributed by atoms with E-state index in [0.717, 1.165) is 38.6 Å². The zero-order valence-corrected chi connectivity index (χ0v) is 11.0. The molecule has 1 aliphatic carbocycles. The van der Waals surface area contributed by atoms with Crippen molar-refractivity contribution in [2.75, 3.05) is 6.54 Å². The van der Waals surface area contributed by atoms with Crippen LogP contribution in [0.3, 0.4) is 0 Å². The molecule has 1 aliphatic heterocycles. The van der Waals surface area contributed by atoms with Gasteiger partial charge in [-0.3, -0.25) is 14.5 Å². The van der Waals surface area contributed by atoms with Crippen molar-refractivity contribution in [3.63, 3.8) is 0 Å². The molecule has 0 N–H and O–H groups in total. The smallest absolute Gasteiger partial charge is 0.233 e. The van der Waals surface area contributed by atoms with Crippen LogP contribution in [0.2, 0.25) is 0 Å². The lowest BCUT2D eigenvalue weighted by atomic mass is 9.81. The summed E-state index contributed by atoms with van der Waals surface area (Å²) in [6, 6.07) is 0. The molecular weight excluding hydrogens is 242 g/mol. The third-order valence-electron chi connectivity index (χ3n) is 4.29. The van der Waals surface area contributed by atoms with Crippen LogP contribution in [0.1, 0.15) is 32.1 Å². The summed E-state index contributed by atoms with van der Waals surface area (Å²) in [6.07, 6.45) is 10.2. The zero-order chi connectivity index (χ0) is 13.2. The predicted molar refractivity (Wildman–Crippen MR) is 69.0 cm³/mol. The molecule has 1 aromatic heterocycles. The molecule has 5 nitrogen and oxygen atoms in total. The molecule has 0 spiro atoms. The van der Waals surface area contributed by atoms with Crippen LogP contribution in [0.25, 0.3) is 0 Å². The average Bonchev–Trinajstić information content (AvgIpc) is 3.02. The maximum Gasteiger partial charge on any atom is 0.233 e. The van der Waals surface area contributed by atoms with E-state index >= 15 is 0 Å². The number of imidazole rings is 1. The van der Waals surface area contributed by atoms with Crippen LogP contribution < -0.4 is 0 Å². The molecule has 2 amide bonds. The number of aromatic nitrogens is 2. The Morgan fingerprint density at radius 1 is 1.11 bits per heavy atom. The molecule has 2 fully saturated rings. The summed E-state index contributed by atoms with van der Waals surface area (Å²) < 4.78 is 1.97. The molecule has 1 aromatic rings. The Morgan fingerprint density at radius 3 is 2.37 bits per heavy atom. The summed E-state index contributed by atoms with van der Waals surface area (Å²) in [5, 5.41) is 0. The van der Waals surface area contributed by atoms with Crippen LogP contribution in [0.5, 0.6) is 0 Å². The van der Waals surface area contributed by atoms with Gasteiger partial charge in [-0.05, 0) is 19.3 Å². The van der Waals surface area contributed by atoms with Crippen LogP contribution in [0.4, 0.5) is 0 Å². The minimum atomic E-state index is -0.0190. The Morgan fingerprint density at radius 2 is 1.79 bits per heavy atom. The van der Waals surface area contributed by atoms with Gasteiger partial charge in [0.2, 0.25) is 11.8 Å². The van der Waals surface area contributed by atoms with Gasteiger partial charge in [-0.25, -0.2) is 4.98 Å². The van der Waals surface area contributed by atoms with E-state index in [1.165, 1.54) is 4.90 Å². The normalized spacial score (nSPS) is 26.8. The first-order valence-electron chi connectivity index (χ1n) is 7.08. The van der Waals surface area contributed by atoms with Crippen molar-refractivity contribution < 1.29 is 9.59 Å². The van der Waals surface area contributed by atoms with E-state index in [0.29, 0.717) is 6.54 Å². The van der Waals surface area contributed by atoms with Gasteiger partial charge in [-0.2, -0.15) is 0 Å². The molecule has 1 saturated carbocycles. The second-order valence-electron chi connectivity index (χ2n) is 5.48. The minimum absolute atomic E-state index is 0.0190. The van der Waals surface area contributed by atoms with E-state index in [-0.39, 0.29) is 23.7 Å². The molecular formula is C14H19N3O2. The van der Waals surface area contributed by atoms with Gasteiger partial charge in [-0.1, -0.05) is 12.8 Å². The van der Waals surface area contributed by atoms with Crippen molar-refractivity contribution >= 4 is 11.8 Å². The Labute approximate surface area is 112 Å². The quantitative estimate of drug-likeness (QED) is 0.771. The number of carbonyl (C=O) groups excluding carboxylic acids is 2. The second kappa shape index (κ2) is 5.15. The highest BCUT2D eigenvalue weighted by Crippen LogP contribution is 2.37. The fraction of sp³-hybridized carbons (Fsp3) is 0.643. The molecule has 2 heterocycles. The number of carbonyl (C=O) groups is 2. The lowest BCUT2D eigenvalue weighted by molar-refractivity contribution is -0.140. The first-order chi connectivity index (χ1) is 9.27. The largest absolute Gasteiger partial charge is 0.337 e. The Balaban J connectivity index is 1.58. The predicted octanol–water partition coefficient (Wildman–Crippen LogP) is 1.45. The number of hydrogen-bond acceptors (Lipinski definition) is 3. The second-order valence-corrected chi connectivity index (χ2v) is 5.48. The van der Waals surface area contributed by atoms with Crippen molar-refractivity contribution in [1.82, 2.24) is 14.5 Å². The number of imide groups is 1. The highest BCUT2D eigenvalue weighted by molar-refractivity contribution is 6.05. The Kier molecular flexibility index (Phi) is 3.36. The fourth-order valence-electron chi connectivity index (χ4n) is 3.28. The van der Waals surface area contributed by atoms with Gasteiger partial charge in [0.1, 0.15) is 0 Å². The van der Waals surface area contributed by atoms with E-state index in [2.05, 4.69) is 4.98 Å². The van der Waals surface area contributed by atoms with Crippen LogP contribution in [-0.4, -0.2) is 32.8 Å². The number of fused-ring (bicyclic) bond motifs is 1. The van der Waals surface area contributed by atoms with Gasteiger partial charge < -0.3 is 4.57 Å². The van der Waals surface area contributed by atoms with Crippen molar-refractivity contribution in [2.24, 2.45) is 11.8 Å². The molecule has 3 rings (SSSR count). The molecule has 2 aliphatic rings. The van der Waals surface area contributed by atoms with Crippen LogP contribution in [0, 0.1) is 11.8 Å². The van der Waals surface area contributed by atoms with Gasteiger partial charge >= 0.3 is 0 Å². The van der Waals surface area contributed by atoms with Crippen molar-refractivity contribution in [3.05, 3.63) is 18.7 Å². The maximum atomic E-state index is 12.2. The van der Waals surface area contributed by atoms with Gasteiger partial charge in [0.05, 0.1) is 18.2 Å². The van der Waals surface area contributed by atoms with Crippen molar-refractivity contribution in [2.45, 2.75) is 38.6 Å². The lowest BCUT2D eigenvalue weighted by Crippen LogP contribution is -2.32. The molecule has 0 aromatic carbocycles. The fourth-order valence-corrected chi connectivity index (χ4v) is 3.28. The first-order valence-corrected chi connectivity index (χ1v) is 7.08. The van der Waals surface area contributed by atoms with Crippen LogP contribution in [-0.2, 0) is 16.1 Å². The zero-order valence-electron chi connectivity index (χ0n) is 11.0.